The van der Waals surface area contributed by atoms with E-state index in [1.165, 1.54) is 0 Å². The van der Waals surface area contributed by atoms with Crippen LogP contribution in [0.2, 0.25) is 0 Å². The number of hydrogen-bond donors (Lipinski definition) is 0. The summed E-state index contributed by atoms with van der Waals surface area (Å²) >= 11 is 3.18. The summed E-state index contributed by atoms with van der Waals surface area (Å²) < 4.78 is 1.11. The largest absolute Gasteiger partial charge is 1.00 e. The molecule has 1 aromatic carbocycles. The molecule has 0 aliphatic carbocycles. The molecule has 3 aromatic rings. The molecule has 0 fully saturated rings. The summed E-state index contributed by atoms with van der Waals surface area (Å²) in [4.78, 5) is 22.4. The molecule has 0 aliphatic heterocycles. The summed E-state index contributed by atoms with van der Waals surface area (Å²) in [6.45, 7) is 3.45. The van der Waals surface area contributed by atoms with E-state index >= 15 is 0 Å². The van der Waals surface area contributed by atoms with Gasteiger partial charge >= 0.3 is 0 Å². The lowest BCUT2D eigenvalue weighted by Crippen LogP contribution is -3.00. The first-order valence-corrected chi connectivity index (χ1v) is 9.78. The van der Waals surface area contributed by atoms with Gasteiger partial charge in [0.25, 0.3) is 5.91 Å². The number of amides is 1. The highest BCUT2D eigenvalue weighted by Crippen LogP contribution is 2.30. The van der Waals surface area contributed by atoms with E-state index in [4.69, 9.17) is 4.98 Å². The van der Waals surface area contributed by atoms with Crippen molar-refractivity contribution in [3.05, 3.63) is 52.2 Å². The molecule has 0 saturated carbocycles. The molecule has 138 valence electrons. The standard InChI is InChI=1S/C19H21N3OS2.ClH/c1-14-6-4-8-16-18(14)20-19(25-16)22(12-11-21(2)3)17(23)10-9-15-7-5-13-24-15;/h4-10,13H,11-12H2,1-3H3;1H/p-1/b10-9+;. The molecule has 0 aliphatic rings. The first kappa shape index (κ1) is 20.6. The quantitative estimate of drug-likeness (QED) is 0.578. The minimum atomic E-state index is -0.0352. The summed E-state index contributed by atoms with van der Waals surface area (Å²) in [5.74, 6) is -0.0352. The lowest BCUT2D eigenvalue weighted by molar-refractivity contribution is -0.114. The Balaban J connectivity index is 0.00000243. The molecule has 4 nitrogen and oxygen atoms in total. The third kappa shape index (κ3) is 4.92. The fraction of sp³-hybridized carbons (Fsp3) is 0.263. The average Bonchev–Trinajstić information content (AvgIpc) is 3.22. The maximum absolute atomic E-state index is 12.8. The molecule has 26 heavy (non-hydrogen) atoms. The van der Waals surface area contributed by atoms with Crippen molar-refractivity contribution in [2.45, 2.75) is 6.92 Å². The van der Waals surface area contributed by atoms with Crippen molar-refractivity contribution >= 4 is 50.0 Å². The Labute approximate surface area is 168 Å². The van der Waals surface area contributed by atoms with E-state index in [-0.39, 0.29) is 18.3 Å². The van der Waals surface area contributed by atoms with Gasteiger partial charge in [0, 0.05) is 24.0 Å². The zero-order valence-corrected chi connectivity index (χ0v) is 17.4. The van der Waals surface area contributed by atoms with Gasteiger partial charge in [-0.3, -0.25) is 9.69 Å². The van der Waals surface area contributed by atoms with Gasteiger partial charge in [0.15, 0.2) is 5.13 Å². The van der Waals surface area contributed by atoms with Gasteiger partial charge in [-0.15, -0.1) is 11.3 Å². The van der Waals surface area contributed by atoms with Crippen LogP contribution in [0.15, 0.2) is 41.8 Å². The van der Waals surface area contributed by atoms with Crippen LogP contribution in [-0.4, -0.2) is 43.0 Å². The van der Waals surface area contributed by atoms with E-state index in [1.54, 1.807) is 33.6 Å². The van der Waals surface area contributed by atoms with Crippen molar-refractivity contribution in [1.29, 1.82) is 0 Å². The maximum Gasteiger partial charge on any atom is 0.252 e. The first-order valence-electron chi connectivity index (χ1n) is 8.08. The number of carbonyl (C=O) groups excluding carboxylic acids is 1. The molecule has 2 aromatic heterocycles. The van der Waals surface area contributed by atoms with Crippen LogP contribution in [0, 0.1) is 6.92 Å². The SMILES string of the molecule is Cc1cccc2sc(N(CCN(C)C)C(=O)/C=C/c3cccs3)nc12.[Cl-]. The van der Waals surface area contributed by atoms with Gasteiger partial charge < -0.3 is 17.3 Å². The fourth-order valence-corrected chi connectivity index (χ4v) is 4.11. The summed E-state index contributed by atoms with van der Waals surface area (Å²) in [5.41, 5.74) is 2.11. The molecule has 3 rings (SSSR count). The number of fused-ring (bicyclic) bond motifs is 1. The van der Waals surface area contributed by atoms with E-state index in [2.05, 4.69) is 24.0 Å². The Morgan fingerprint density at radius 2 is 2.00 bits per heavy atom. The summed E-state index contributed by atoms with van der Waals surface area (Å²) in [6.07, 6.45) is 3.51. The van der Waals surface area contributed by atoms with Gasteiger partial charge in [-0.25, -0.2) is 4.98 Å². The number of likely N-dealkylation sites (N-methyl/N-ethyl adjacent to an activating group) is 1. The maximum atomic E-state index is 12.8. The average molecular weight is 407 g/mol. The normalized spacial score (nSPS) is 11.2. The van der Waals surface area contributed by atoms with Crippen LogP contribution in [0.25, 0.3) is 16.3 Å². The lowest BCUT2D eigenvalue weighted by atomic mass is 10.2. The van der Waals surface area contributed by atoms with Crippen molar-refractivity contribution in [3.8, 4) is 0 Å². The van der Waals surface area contributed by atoms with Crippen molar-refractivity contribution in [3.63, 3.8) is 0 Å². The minimum absolute atomic E-state index is 0. The smallest absolute Gasteiger partial charge is 0.252 e. The molecule has 7 heteroatoms. The Hall–Kier alpha value is -1.73. The molecule has 0 radical (unpaired) electrons. The van der Waals surface area contributed by atoms with E-state index in [0.29, 0.717) is 6.54 Å². The highest BCUT2D eigenvalue weighted by molar-refractivity contribution is 7.22. The number of thiazole rings is 1. The Bertz CT molecular complexity index is 887. The number of hydrogen-bond acceptors (Lipinski definition) is 5. The molecule has 0 N–H and O–H groups in total. The van der Waals surface area contributed by atoms with E-state index in [0.717, 1.165) is 32.3 Å². The Morgan fingerprint density at radius 3 is 2.65 bits per heavy atom. The van der Waals surface area contributed by atoms with Crippen LogP contribution in [0.4, 0.5) is 5.13 Å². The lowest BCUT2D eigenvalue weighted by Gasteiger charge is -2.20. The highest BCUT2D eigenvalue weighted by Gasteiger charge is 2.18. The molecule has 1 amide bonds. The number of para-hydroxylation sites is 1. The van der Waals surface area contributed by atoms with Crippen LogP contribution in [-0.2, 0) is 4.79 Å². The summed E-state index contributed by atoms with van der Waals surface area (Å²) in [7, 11) is 4.01. The third-order valence-electron chi connectivity index (χ3n) is 3.81. The number of nitrogens with zero attached hydrogens (tertiary/aromatic N) is 3. The van der Waals surface area contributed by atoms with Crippen LogP contribution in [0.5, 0.6) is 0 Å². The van der Waals surface area contributed by atoms with E-state index in [9.17, 15) is 4.79 Å². The fourth-order valence-electron chi connectivity index (χ4n) is 2.42. The number of aromatic nitrogens is 1. The van der Waals surface area contributed by atoms with Crippen molar-refractivity contribution in [1.82, 2.24) is 9.88 Å². The monoisotopic (exact) mass is 406 g/mol. The zero-order valence-electron chi connectivity index (χ0n) is 15.0. The van der Waals surface area contributed by atoms with Crippen molar-refractivity contribution < 1.29 is 17.2 Å². The third-order valence-corrected chi connectivity index (χ3v) is 5.69. The molecule has 0 atom stereocenters. The van der Waals surface area contributed by atoms with Crippen LogP contribution in [0.3, 0.4) is 0 Å². The molecule has 2 heterocycles. The van der Waals surface area contributed by atoms with Crippen LogP contribution < -0.4 is 17.3 Å². The molecule has 0 unspecified atom stereocenters. The molecular formula is C19H21ClN3OS2-. The van der Waals surface area contributed by atoms with Crippen molar-refractivity contribution in [2.75, 3.05) is 32.1 Å². The molecule has 0 bridgehead atoms. The molecular weight excluding hydrogens is 386 g/mol. The predicted molar refractivity (Wildman–Crippen MR) is 109 cm³/mol. The number of anilines is 1. The van der Waals surface area contributed by atoms with E-state index in [1.807, 2.05) is 43.8 Å². The second kappa shape index (κ2) is 9.28. The number of thiophene rings is 1. The minimum Gasteiger partial charge on any atom is -1.00 e. The second-order valence-corrected chi connectivity index (χ2v) is 8.05. The number of carbonyl (C=O) groups is 1. The number of benzene rings is 1. The topological polar surface area (TPSA) is 36.4 Å². The first-order chi connectivity index (χ1) is 12.0. The van der Waals surface area contributed by atoms with Gasteiger partial charge in [0.05, 0.1) is 10.2 Å². The Morgan fingerprint density at radius 1 is 1.19 bits per heavy atom. The van der Waals surface area contributed by atoms with Gasteiger partial charge in [-0.2, -0.15) is 0 Å². The van der Waals surface area contributed by atoms with Crippen molar-refractivity contribution in [2.24, 2.45) is 0 Å². The predicted octanol–water partition coefficient (Wildman–Crippen LogP) is 1.28. The highest BCUT2D eigenvalue weighted by atomic mass is 35.5. The second-order valence-electron chi connectivity index (χ2n) is 6.06. The van der Waals surface area contributed by atoms with Crippen LogP contribution in [0.1, 0.15) is 10.4 Å². The summed E-state index contributed by atoms with van der Waals surface area (Å²) in [6, 6.07) is 10.1. The summed E-state index contributed by atoms with van der Waals surface area (Å²) in [5, 5.41) is 2.76. The zero-order chi connectivity index (χ0) is 17.8. The molecule has 0 saturated heterocycles. The number of rotatable bonds is 6. The van der Waals surface area contributed by atoms with Crippen LogP contribution >= 0.6 is 22.7 Å². The number of aryl methyl sites for hydroxylation is 1. The number of halogens is 1. The van der Waals surface area contributed by atoms with Gasteiger partial charge in [-0.05, 0) is 50.2 Å². The van der Waals surface area contributed by atoms with Gasteiger partial charge in [-0.1, -0.05) is 29.5 Å². The van der Waals surface area contributed by atoms with Gasteiger partial charge in [0.1, 0.15) is 0 Å². The van der Waals surface area contributed by atoms with E-state index < -0.39 is 0 Å². The van der Waals surface area contributed by atoms with Gasteiger partial charge in [0.2, 0.25) is 0 Å². The Kier molecular flexibility index (Phi) is 7.34. The molecule has 0 spiro atoms.